The Balaban J connectivity index is 1.49. The van der Waals surface area contributed by atoms with Gasteiger partial charge >= 0.3 is 0 Å². The quantitative estimate of drug-likeness (QED) is 0.577. The molecule has 0 spiro atoms. The zero-order valence-electron chi connectivity index (χ0n) is 18.3. The van der Waals surface area contributed by atoms with E-state index in [1.54, 1.807) is 0 Å². The van der Waals surface area contributed by atoms with Gasteiger partial charge in [0, 0.05) is 36.8 Å². The van der Waals surface area contributed by atoms with E-state index in [4.69, 9.17) is 0 Å². The smallest absolute Gasteiger partial charge is 0.242 e. The number of benzene rings is 2. The van der Waals surface area contributed by atoms with Gasteiger partial charge in [0.05, 0.1) is 6.04 Å². The van der Waals surface area contributed by atoms with Crippen molar-refractivity contribution in [2.45, 2.75) is 45.2 Å². The highest BCUT2D eigenvalue weighted by molar-refractivity contribution is 7.99. The fourth-order valence-corrected chi connectivity index (χ4v) is 4.77. The number of carbonyl (C=O) groups excluding carboxylic acids is 1. The van der Waals surface area contributed by atoms with Crippen molar-refractivity contribution >= 4 is 23.4 Å². The predicted molar refractivity (Wildman–Crippen MR) is 129 cm³/mol. The molecular formula is C25H35N3OS. The number of nitrogens with zero attached hydrogens (tertiary/aromatic N) is 1. The molecule has 5 heteroatoms. The van der Waals surface area contributed by atoms with Gasteiger partial charge in [0.2, 0.25) is 5.91 Å². The number of rotatable bonds is 10. The SMILES string of the molecule is CCCC(NC(=O)C(C)Nc1ccc(CCN2CCSCC2)cc1)c1ccccc1. The zero-order chi connectivity index (χ0) is 21.2. The first kappa shape index (κ1) is 22.7. The Hall–Kier alpha value is -1.98. The molecule has 0 aliphatic carbocycles. The second-order valence-corrected chi connectivity index (χ2v) is 9.25. The molecule has 2 aromatic rings. The van der Waals surface area contributed by atoms with E-state index in [9.17, 15) is 4.79 Å². The van der Waals surface area contributed by atoms with Crippen LogP contribution in [0.3, 0.4) is 0 Å². The molecule has 30 heavy (non-hydrogen) atoms. The Morgan fingerprint density at radius 2 is 1.77 bits per heavy atom. The fraction of sp³-hybridized carbons (Fsp3) is 0.480. The van der Waals surface area contributed by atoms with Gasteiger partial charge in [0.1, 0.15) is 6.04 Å². The van der Waals surface area contributed by atoms with Crippen molar-refractivity contribution < 1.29 is 4.79 Å². The van der Waals surface area contributed by atoms with Crippen molar-refractivity contribution in [3.05, 3.63) is 65.7 Å². The molecule has 2 atom stereocenters. The second kappa shape index (κ2) is 12.0. The number of hydrogen-bond acceptors (Lipinski definition) is 4. The van der Waals surface area contributed by atoms with Crippen LogP contribution in [0, 0.1) is 0 Å². The molecule has 0 aromatic heterocycles. The molecule has 0 bridgehead atoms. The third-order valence-corrected chi connectivity index (χ3v) is 6.59. The second-order valence-electron chi connectivity index (χ2n) is 8.03. The monoisotopic (exact) mass is 425 g/mol. The largest absolute Gasteiger partial charge is 0.374 e. The van der Waals surface area contributed by atoms with Gasteiger partial charge in [-0.3, -0.25) is 4.79 Å². The highest BCUT2D eigenvalue weighted by atomic mass is 32.2. The summed E-state index contributed by atoms with van der Waals surface area (Å²) >= 11 is 2.05. The van der Waals surface area contributed by atoms with Crippen LogP contribution in [-0.2, 0) is 11.2 Å². The van der Waals surface area contributed by atoms with Gasteiger partial charge in [-0.15, -0.1) is 0 Å². The van der Waals surface area contributed by atoms with Crippen molar-refractivity contribution in [2.24, 2.45) is 0 Å². The average molecular weight is 426 g/mol. The molecule has 1 fully saturated rings. The summed E-state index contributed by atoms with van der Waals surface area (Å²) in [5, 5.41) is 6.56. The molecule has 3 rings (SSSR count). The third kappa shape index (κ3) is 7.06. The van der Waals surface area contributed by atoms with Crippen LogP contribution in [0.25, 0.3) is 0 Å². The van der Waals surface area contributed by atoms with E-state index in [1.807, 2.05) is 25.1 Å². The van der Waals surface area contributed by atoms with E-state index in [2.05, 4.69) is 70.6 Å². The maximum atomic E-state index is 12.8. The van der Waals surface area contributed by atoms with Crippen molar-refractivity contribution in [3.63, 3.8) is 0 Å². The number of thioether (sulfide) groups is 1. The van der Waals surface area contributed by atoms with Gasteiger partial charge in [0.15, 0.2) is 0 Å². The van der Waals surface area contributed by atoms with Crippen LogP contribution in [0.1, 0.15) is 43.9 Å². The minimum atomic E-state index is -0.287. The summed E-state index contributed by atoms with van der Waals surface area (Å²) in [4.78, 5) is 15.3. The minimum Gasteiger partial charge on any atom is -0.374 e. The summed E-state index contributed by atoms with van der Waals surface area (Å²) in [6.45, 7) is 7.61. The normalized spacial score (nSPS) is 16.6. The molecular weight excluding hydrogens is 390 g/mol. The molecule has 2 aromatic carbocycles. The molecule has 1 heterocycles. The lowest BCUT2D eigenvalue weighted by atomic mass is 10.0. The number of carbonyl (C=O) groups is 1. The van der Waals surface area contributed by atoms with Crippen LogP contribution >= 0.6 is 11.8 Å². The van der Waals surface area contributed by atoms with E-state index in [0.29, 0.717) is 0 Å². The number of anilines is 1. The van der Waals surface area contributed by atoms with Crippen LogP contribution in [0.15, 0.2) is 54.6 Å². The van der Waals surface area contributed by atoms with Gasteiger partial charge in [0.25, 0.3) is 0 Å². The van der Waals surface area contributed by atoms with Gasteiger partial charge in [-0.2, -0.15) is 11.8 Å². The molecule has 0 saturated carbocycles. The lowest BCUT2D eigenvalue weighted by Crippen LogP contribution is -2.39. The highest BCUT2D eigenvalue weighted by Crippen LogP contribution is 2.19. The Bertz CT molecular complexity index is 760. The van der Waals surface area contributed by atoms with E-state index >= 15 is 0 Å². The molecule has 4 nitrogen and oxygen atoms in total. The minimum absolute atomic E-state index is 0.0318. The topological polar surface area (TPSA) is 44.4 Å². The van der Waals surface area contributed by atoms with E-state index in [0.717, 1.165) is 37.1 Å². The van der Waals surface area contributed by atoms with E-state index in [-0.39, 0.29) is 18.0 Å². The average Bonchev–Trinajstić information content (AvgIpc) is 2.79. The third-order valence-electron chi connectivity index (χ3n) is 5.65. The fourth-order valence-electron chi connectivity index (χ4n) is 3.79. The van der Waals surface area contributed by atoms with Gasteiger partial charge in [-0.1, -0.05) is 55.8 Å². The van der Waals surface area contributed by atoms with E-state index < -0.39 is 0 Å². The molecule has 1 aliphatic rings. The lowest BCUT2D eigenvalue weighted by Gasteiger charge is -2.26. The van der Waals surface area contributed by atoms with Crippen LogP contribution < -0.4 is 10.6 Å². The molecule has 0 radical (unpaired) electrons. The summed E-state index contributed by atoms with van der Waals surface area (Å²) in [7, 11) is 0. The van der Waals surface area contributed by atoms with Gasteiger partial charge < -0.3 is 15.5 Å². The number of nitrogens with one attached hydrogen (secondary N) is 2. The van der Waals surface area contributed by atoms with Crippen LogP contribution in [0.2, 0.25) is 0 Å². The van der Waals surface area contributed by atoms with Crippen molar-refractivity contribution in [3.8, 4) is 0 Å². The Morgan fingerprint density at radius 1 is 1.07 bits per heavy atom. The Kier molecular flexibility index (Phi) is 9.09. The summed E-state index contributed by atoms with van der Waals surface area (Å²) in [6.07, 6.45) is 3.04. The summed E-state index contributed by atoms with van der Waals surface area (Å²) in [5.41, 5.74) is 3.50. The van der Waals surface area contributed by atoms with Crippen LogP contribution in [0.4, 0.5) is 5.69 Å². The first-order valence-electron chi connectivity index (χ1n) is 11.2. The van der Waals surface area contributed by atoms with Crippen LogP contribution in [0.5, 0.6) is 0 Å². The van der Waals surface area contributed by atoms with Crippen molar-refractivity contribution in [1.82, 2.24) is 10.2 Å². The Morgan fingerprint density at radius 3 is 2.43 bits per heavy atom. The molecule has 2 N–H and O–H groups in total. The summed E-state index contributed by atoms with van der Waals surface area (Å²) in [5.74, 6) is 2.54. The van der Waals surface area contributed by atoms with Crippen LogP contribution in [-0.4, -0.2) is 48.0 Å². The Labute approximate surface area is 185 Å². The summed E-state index contributed by atoms with van der Waals surface area (Å²) in [6, 6.07) is 18.5. The summed E-state index contributed by atoms with van der Waals surface area (Å²) < 4.78 is 0. The number of hydrogen-bond donors (Lipinski definition) is 2. The first-order chi connectivity index (χ1) is 14.7. The molecule has 2 unspecified atom stereocenters. The van der Waals surface area contributed by atoms with Gasteiger partial charge in [-0.25, -0.2) is 0 Å². The van der Waals surface area contributed by atoms with Crippen molar-refractivity contribution in [2.75, 3.05) is 36.5 Å². The molecule has 1 aliphatic heterocycles. The van der Waals surface area contributed by atoms with E-state index in [1.165, 1.54) is 30.2 Å². The zero-order valence-corrected chi connectivity index (χ0v) is 19.1. The first-order valence-corrected chi connectivity index (χ1v) is 12.3. The maximum absolute atomic E-state index is 12.8. The predicted octanol–water partition coefficient (Wildman–Crippen LogP) is 4.74. The van der Waals surface area contributed by atoms with Gasteiger partial charge in [-0.05, 0) is 43.0 Å². The number of amides is 1. The lowest BCUT2D eigenvalue weighted by molar-refractivity contribution is -0.122. The van der Waals surface area contributed by atoms with Crippen molar-refractivity contribution in [1.29, 1.82) is 0 Å². The standard InChI is InChI=1S/C25H35N3OS/c1-3-7-24(22-8-5-4-6-9-22)27-25(29)20(2)26-23-12-10-21(11-13-23)14-15-28-16-18-30-19-17-28/h4-6,8-13,20,24,26H,3,7,14-19H2,1-2H3,(H,27,29). The molecule has 1 amide bonds. The highest BCUT2D eigenvalue weighted by Gasteiger charge is 2.18. The molecule has 1 saturated heterocycles. The maximum Gasteiger partial charge on any atom is 0.242 e. The molecule has 162 valence electrons.